The first kappa shape index (κ1) is 34.1. The van der Waals surface area contributed by atoms with Crippen molar-refractivity contribution in [1.82, 2.24) is 19.8 Å². The van der Waals surface area contributed by atoms with Gasteiger partial charge in [-0.2, -0.15) is 13.2 Å². The third-order valence-corrected chi connectivity index (χ3v) is 10.7. The largest absolute Gasteiger partial charge is 0.495 e. The minimum atomic E-state index is -4.49. The summed E-state index contributed by atoms with van der Waals surface area (Å²) in [5.41, 5.74) is 1.23. The first-order valence-corrected chi connectivity index (χ1v) is 18.0. The molecule has 258 valence electrons. The van der Waals surface area contributed by atoms with E-state index < -0.39 is 28.5 Å². The molecule has 1 amide bonds. The van der Waals surface area contributed by atoms with Crippen molar-refractivity contribution in [2.45, 2.75) is 80.9 Å². The lowest BCUT2D eigenvalue weighted by atomic mass is 9.90. The van der Waals surface area contributed by atoms with Gasteiger partial charge in [0.15, 0.2) is 9.84 Å². The number of alkyl halides is 3. The number of aromatic nitrogens is 2. The fraction of sp³-hybridized carbons (Fsp3) is 0.529. The SMILES string of the molecule is COc1ccc(S(C)(=O)=O)cc1NCC#Cc1cc(C(=O)N[C@H]2CCN(C3CC4CCC(C3)O4)C[C@@H]2C)c2ncn(CC(F)(F)F)c2c1. The zero-order valence-electron chi connectivity index (χ0n) is 27.1. The smallest absolute Gasteiger partial charge is 0.406 e. The molecule has 1 aromatic heterocycles. The Kier molecular flexibility index (Phi) is 9.66. The van der Waals surface area contributed by atoms with E-state index in [0.717, 1.165) is 62.3 Å². The van der Waals surface area contributed by atoms with Crippen molar-refractivity contribution < 1.29 is 35.9 Å². The van der Waals surface area contributed by atoms with Crippen LogP contribution in [0.2, 0.25) is 0 Å². The number of sulfone groups is 1. The highest BCUT2D eigenvalue weighted by atomic mass is 32.2. The van der Waals surface area contributed by atoms with Crippen molar-refractivity contribution in [3.05, 3.63) is 47.8 Å². The number of piperidine rings is 1. The first-order chi connectivity index (χ1) is 22.8. The van der Waals surface area contributed by atoms with Crippen molar-refractivity contribution in [3.63, 3.8) is 0 Å². The van der Waals surface area contributed by atoms with Crippen molar-refractivity contribution >= 4 is 32.5 Å². The number of rotatable bonds is 8. The van der Waals surface area contributed by atoms with E-state index in [1.54, 1.807) is 6.07 Å². The standard InChI is InChI=1S/C34H40F3N5O5S/c1-21-18-41(23-15-24-6-7-25(16-23)47-24)12-10-28(21)40-33(43)27-13-22(14-30-32(27)39-20-42(30)19-34(35,36)37)5-4-11-38-29-17-26(48(3,44)45)8-9-31(29)46-2/h8-9,13-14,17,20-21,23-25,28,38H,6-7,10-12,15-16,18-19H2,1-3H3,(H,40,43)/t21-,23?,24?,25?,28-/m0/s1. The molecule has 4 heterocycles. The van der Waals surface area contributed by atoms with Crippen LogP contribution >= 0.6 is 0 Å². The monoisotopic (exact) mass is 687 g/mol. The van der Waals surface area contributed by atoms with Gasteiger partial charge in [-0.3, -0.25) is 9.69 Å². The number of halogens is 3. The predicted molar refractivity (Wildman–Crippen MR) is 175 cm³/mol. The molecular weight excluding hydrogens is 647 g/mol. The van der Waals surface area contributed by atoms with E-state index in [1.807, 2.05) is 0 Å². The molecule has 0 aliphatic carbocycles. The second-order valence-electron chi connectivity index (χ2n) is 13.1. The number of benzene rings is 2. The minimum absolute atomic E-state index is 0.0651. The fourth-order valence-electron chi connectivity index (χ4n) is 7.17. The quantitative estimate of drug-likeness (QED) is 0.330. The lowest BCUT2D eigenvalue weighted by Gasteiger charge is -2.44. The average molecular weight is 688 g/mol. The lowest BCUT2D eigenvalue weighted by molar-refractivity contribution is -0.140. The van der Waals surface area contributed by atoms with E-state index in [2.05, 4.69) is 39.3 Å². The molecule has 0 saturated carbocycles. The number of carbonyl (C=O) groups is 1. The Bertz CT molecular complexity index is 1840. The molecule has 48 heavy (non-hydrogen) atoms. The van der Waals surface area contributed by atoms with Gasteiger partial charge in [-0.25, -0.2) is 13.4 Å². The van der Waals surface area contributed by atoms with Crippen LogP contribution in [0.3, 0.4) is 0 Å². The molecule has 14 heteroatoms. The molecular formula is C34H40F3N5O5S. The minimum Gasteiger partial charge on any atom is -0.495 e. The van der Waals surface area contributed by atoms with Gasteiger partial charge in [0.2, 0.25) is 0 Å². The predicted octanol–water partition coefficient (Wildman–Crippen LogP) is 4.62. The lowest BCUT2D eigenvalue weighted by Crippen LogP contribution is -2.54. The van der Waals surface area contributed by atoms with Gasteiger partial charge in [-0.1, -0.05) is 18.8 Å². The van der Waals surface area contributed by atoms with Gasteiger partial charge in [0.05, 0.1) is 53.9 Å². The van der Waals surface area contributed by atoms with E-state index in [-0.39, 0.29) is 40.0 Å². The molecule has 2 unspecified atom stereocenters. The van der Waals surface area contributed by atoms with Gasteiger partial charge in [0, 0.05) is 37.0 Å². The molecule has 2 bridgehead atoms. The number of anilines is 1. The molecule has 6 rings (SSSR count). The number of ether oxygens (including phenoxy) is 2. The molecule has 10 nitrogen and oxygen atoms in total. The number of nitrogens with zero attached hydrogens (tertiary/aromatic N) is 3. The van der Waals surface area contributed by atoms with Crippen LogP contribution in [-0.4, -0.2) is 92.2 Å². The molecule has 4 atom stereocenters. The average Bonchev–Trinajstić information content (AvgIpc) is 3.59. The summed E-state index contributed by atoms with van der Waals surface area (Å²) in [6, 6.07) is 7.85. The number of hydrogen-bond acceptors (Lipinski definition) is 8. The molecule has 3 aliphatic rings. The first-order valence-electron chi connectivity index (χ1n) is 16.1. The highest BCUT2D eigenvalue weighted by Crippen LogP contribution is 2.36. The van der Waals surface area contributed by atoms with E-state index in [0.29, 0.717) is 35.3 Å². The number of amides is 1. The number of fused-ring (bicyclic) bond motifs is 3. The summed E-state index contributed by atoms with van der Waals surface area (Å²) in [6.07, 6.45) is 3.51. The van der Waals surface area contributed by atoms with Crippen molar-refractivity contribution in [2.24, 2.45) is 5.92 Å². The Labute approximate surface area is 278 Å². The number of imidazole rings is 1. The maximum Gasteiger partial charge on any atom is 0.406 e. The summed E-state index contributed by atoms with van der Waals surface area (Å²) >= 11 is 0. The van der Waals surface area contributed by atoms with Gasteiger partial charge >= 0.3 is 6.18 Å². The van der Waals surface area contributed by atoms with Crippen LogP contribution in [-0.2, 0) is 21.1 Å². The van der Waals surface area contributed by atoms with Gasteiger partial charge < -0.3 is 24.7 Å². The Morgan fingerprint density at radius 1 is 1.15 bits per heavy atom. The van der Waals surface area contributed by atoms with Crippen LogP contribution in [0.25, 0.3) is 11.0 Å². The van der Waals surface area contributed by atoms with E-state index in [4.69, 9.17) is 9.47 Å². The van der Waals surface area contributed by atoms with E-state index >= 15 is 0 Å². The van der Waals surface area contributed by atoms with Crippen molar-refractivity contribution in [1.29, 1.82) is 0 Å². The summed E-state index contributed by atoms with van der Waals surface area (Å²) in [5.74, 6) is 6.05. The zero-order valence-corrected chi connectivity index (χ0v) is 28.0. The van der Waals surface area contributed by atoms with Crippen LogP contribution < -0.4 is 15.4 Å². The number of nitrogens with one attached hydrogen (secondary N) is 2. The Hall–Kier alpha value is -3.80. The molecule has 3 fully saturated rings. The molecule has 0 radical (unpaired) electrons. The van der Waals surface area contributed by atoms with Crippen LogP contribution in [0.1, 0.15) is 54.9 Å². The number of methoxy groups -OCH3 is 1. The van der Waals surface area contributed by atoms with Crippen LogP contribution in [0.4, 0.5) is 18.9 Å². The highest BCUT2D eigenvalue weighted by Gasteiger charge is 2.40. The van der Waals surface area contributed by atoms with Gasteiger partial charge in [-0.15, -0.1) is 0 Å². The third kappa shape index (κ3) is 7.74. The number of likely N-dealkylation sites (tertiary alicyclic amines) is 1. The van der Waals surface area contributed by atoms with Crippen LogP contribution in [0, 0.1) is 17.8 Å². The summed E-state index contributed by atoms with van der Waals surface area (Å²) in [5, 5.41) is 6.18. The molecule has 2 aromatic carbocycles. The molecule has 2 N–H and O–H groups in total. The summed E-state index contributed by atoms with van der Waals surface area (Å²) in [4.78, 5) is 20.6. The number of carbonyl (C=O) groups excluding carboxylic acids is 1. The van der Waals surface area contributed by atoms with Crippen molar-refractivity contribution in [3.8, 4) is 17.6 Å². The second kappa shape index (κ2) is 13.6. The van der Waals surface area contributed by atoms with Crippen LogP contribution in [0.15, 0.2) is 41.6 Å². The molecule has 3 aliphatic heterocycles. The number of hydrogen-bond donors (Lipinski definition) is 2. The fourth-order valence-corrected chi connectivity index (χ4v) is 7.81. The second-order valence-corrected chi connectivity index (χ2v) is 15.1. The van der Waals surface area contributed by atoms with Crippen molar-refractivity contribution in [2.75, 3.05) is 38.3 Å². The summed E-state index contributed by atoms with van der Waals surface area (Å²) < 4.78 is 76.6. The van der Waals surface area contributed by atoms with Gasteiger partial charge in [0.1, 0.15) is 17.8 Å². The van der Waals surface area contributed by atoms with E-state index in [9.17, 15) is 26.4 Å². The Morgan fingerprint density at radius 2 is 1.90 bits per heavy atom. The van der Waals surface area contributed by atoms with Gasteiger partial charge in [0.25, 0.3) is 5.91 Å². The molecule has 3 aromatic rings. The van der Waals surface area contributed by atoms with E-state index in [1.165, 1.54) is 31.4 Å². The van der Waals surface area contributed by atoms with Gasteiger partial charge in [-0.05, 0) is 68.4 Å². The maximum atomic E-state index is 13.8. The summed E-state index contributed by atoms with van der Waals surface area (Å²) in [6.45, 7) is 2.62. The normalized spacial score (nSPS) is 24.6. The maximum absolute atomic E-state index is 13.8. The topological polar surface area (TPSA) is 115 Å². The third-order valence-electron chi connectivity index (χ3n) is 9.55. The highest BCUT2D eigenvalue weighted by molar-refractivity contribution is 7.90. The summed E-state index contributed by atoms with van der Waals surface area (Å²) in [7, 11) is -2.00. The Balaban J connectivity index is 1.20. The zero-order chi connectivity index (χ0) is 34.2. The molecule has 3 saturated heterocycles. The Morgan fingerprint density at radius 3 is 2.56 bits per heavy atom. The molecule has 0 spiro atoms. The van der Waals surface area contributed by atoms with Crippen LogP contribution in [0.5, 0.6) is 5.75 Å².